The van der Waals surface area contributed by atoms with Crippen molar-refractivity contribution in [1.82, 2.24) is 4.98 Å². The van der Waals surface area contributed by atoms with Crippen LogP contribution < -0.4 is 4.74 Å². The van der Waals surface area contributed by atoms with Gasteiger partial charge >= 0.3 is 11.9 Å². The first kappa shape index (κ1) is 32.0. The zero-order chi connectivity index (χ0) is 30.3. The monoisotopic (exact) mass is 579 g/mol. The molecule has 226 valence electrons. The van der Waals surface area contributed by atoms with Crippen LogP contribution in [0.2, 0.25) is 0 Å². The molecule has 1 aliphatic carbocycles. The van der Waals surface area contributed by atoms with Gasteiger partial charge in [-0.15, -0.1) is 0 Å². The van der Waals surface area contributed by atoms with Crippen LogP contribution in [-0.4, -0.2) is 23.5 Å². The molecular formula is C38H45NO4. The molecule has 1 aromatic heterocycles. The lowest BCUT2D eigenvalue weighted by molar-refractivity contribution is 0.0497. The second kappa shape index (κ2) is 17.3. The van der Waals surface area contributed by atoms with E-state index in [1.165, 1.54) is 76.0 Å². The summed E-state index contributed by atoms with van der Waals surface area (Å²) in [7, 11) is 0. The van der Waals surface area contributed by atoms with Crippen molar-refractivity contribution in [2.75, 3.05) is 6.61 Å². The van der Waals surface area contributed by atoms with Gasteiger partial charge in [-0.3, -0.25) is 0 Å². The summed E-state index contributed by atoms with van der Waals surface area (Å²) in [6, 6.07) is 18.4. The molecular weight excluding hydrogens is 534 g/mol. The standard InChI is InChI=1S/C38H45NO4/c1-3-5-6-7-8-9-27-42-37(40)34-22-24-35(39-28-34)23-13-30-14-25-36(26-15-30)43-38(41)33-20-18-32(19-21-33)31-16-11-29(10-4-2)12-17-31/h14-15,18-22,24-26,28-29,31H,3-12,16-17,27H2,1-2H3. The van der Waals surface area contributed by atoms with Gasteiger partial charge in [-0.1, -0.05) is 76.8 Å². The van der Waals surface area contributed by atoms with Crippen LogP contribution in [0.15, 0.2) is 66.9 Å². The highest BCUT2D eigenvalue weighted by atomic mass is 16.5. The van der Waals surface area contributed by atoms with Gasteiger partial charge in [-0.05, 0) is 104 Å². The summed E-state index contributed by atoms with van der Waals surface area (Å²) in [4.78, 5) is 29.2. The molecule has 0 N–H and O–H groups in total. The van der Waals surface area contributed by atoms with Crippen LogP contribution in [0, 0.1) is 17.8 Å². The quantitative estimate of drug-likeness (QED) is 0.0874. The van der Waals surface area contributed by atoms with E-state index in [9.17, 15) is 9.59 Å². The van der Waals surface area contributed by atoms with E-state index in [1.807, 2.05) is 24.3 Å². The number of benzene rings is 2. The number of aromatic nitrogens is 1. The third-order valence-electron chi connectivity index (χ3n) is 8.29. The van der Waals surface area contributed by atoms with Crippen molar-refractivity contribution in [2.45, 2.75) is 96.8 Å². The average Bonchev–Trinajstić information content (AvgIpc) is 3.05. The third kappa shape index (κ3) is 10.4. The van der Waals surface area contributed by atoms with E-state index in [4.69, 9.17) is 9.47 Å². The summed E-state index contributed by atoms with van der Waals surface area (Å²) < 4.78 is 11.0. The first-order valence-corrected chi connectivity index (χ1v) is 16.1. The summed E-state index contributed by atoms with van der Waals surface area (Å²) in [5.74, 6) is 7.29. The van der Waals surface area contributed by atoms with Crippen molar-refractivity contribution in [3.63, 3.8) is 0 Å². The Hall–Kier alpha value is -3.91. The molecule has 2 aromatic carbocycles. The Balaban J connectivity index is 1.22. The molecule has 4 rings (SSSR count). The highest BCUT2D eigenvalue weighted by Gasteiger charge is 2.22. The van der Waals surface area contributed by atoms with E-state index < -0.39 is 0 Å². The summed E-state index contributed by atoms with van der Waals surface area (Å²) in [6.07, 6.45) is 16.1. The molecule has 5 nitrogen and oxygen atoms in total. The number of nitrogens with zero attached hydrogens (tertiary/aromatic N) is 1. The van der Waals surface area contributed by atoms with Gasteiger partial charge in [-0.25, -0.2) is 14.6 Å². The van der Waals surface area contributed by atoms with Crippen molar-refractivity contribution < 1.29 is 19.1 Å². The number of hydrogen-bond acceptors (Lipinski definition) is 5. The van der Waals surface area contributed by atoms with Gasteiger partial charge in [0, 0.05) is 11.8 Å². The Morgan fingerprint density at radius 2 is 1.44 bits per heavy atom. The van der Waals surface area contributed by atoms with Crippen LogP contribution in [0.3, 0.4) is 0 Å². The Morgan fingerprint density at radius 3 is 2.12 bits per heavy atom. The molecule has 43 heavy (non-hydrogen) atoms. The molecule has 0 aliphatic heterocycles. The lowest BCUT2D eigenvalue weighted by Crippen LogP contribution is -2.13. The van der Waals surface area contributed by atoms with E-state index in [0.717, 1.165) is 24.3 Å². The third-order valence-corrected chi connectivity index (χ3v) is 8.29. The van der Waals surface area contributed by atoms with E-state index in [0.29, 0.717) is 35.1 Å². The van der Waals surface area contributed by atoms with Crippen molar-refractivity contribution in [3.8, 4) is 17.6 Å². The van der Waals surface area contributed by atoms with Gasteiger partial charge in [0.15, 0.2) is 0 Å². The number of rotatable bonds is 13. The Labute approximate surface area is 257 Å². The van der Waals surface area contributed by atoms with Crippen LogP contribution in [-0.2, 0) is 4.74 Å². The minimum Gasteiger partial charge on any atom is -0.462 e. The summed E-state index contributed by atoms with van der Waals surface area (Å²) in [5, 5.41) is 0. The van der Waals surface area contributed by atoms with Gasteiger partial charge in [0.1, 0.15) is 11.4 Å². The molecule has 0 spiro atoms. The number of hydrogen-bond donors (Lipinski definition) is 0. The second-order valence-electron chi connectivity index (χ2n) is 11.6. The minimum atomic E-state index is -0.369. The molecule has 1 aliphatic rings. The molecule has 5 heteroatoms. The maximum atomic E-state index is 12.7. The maximum Gasteiger partial charge on any atom is 0.343 e. The van der Waals surface area contributed by atoms with Crippen LogP contribution in [0.25, 0.3) is 0 Å². The number of esters is 2. The SMILES string of the molecule is CCCCCCCCOC(=O)c1ccc(C#Cc2ccc(OC(=O)c3ccc(C4CCC(CCC)CC4)cc3)cc2)nc1. The smallest absolute Gasteiger partial charge is 0.343 e. The Morgan fingerprint density at radius 1 is 0.744 bits per heavy atom. The first-order valence-electron chi connectivity index (χ1n) is 16.1. The van der Waals surface area contributed by atoms with E-state index >= 15 is 0 Å². The molecule has 3 aromatic rings. The molecule has 1 fully saturated rings. The fourth-order valence-electron chi connectivity index (χ4n) is 5.71. The number of pyridine rings is 1. The molecule has 0 atom stereocenters. The predicted octanol–water partition coefficient (Wildman–Crippen LogP) is 9.29. The normalized spacial score (nSPS) is 16.1. The molecule has 1 heterocycles. The number of carbonyl (C=O) groups is 2. The number of unbranched alkanes of at least 4 members (excludes halogenated alkanes) is 5. The zero-order valence-electron chi connectivity index (χ0n) is 25.8. The zero-order valence-corrected chi connectivity index (χ0v) is 25.8. The Bertz CT molecular complexity index is 1340. The first-order chi connectivity index (χ1) is 21.1. The molecule has 0 saturated heterocycles. The Kier molecular flexibility index (Phi) is 12.9. The van der Waals surface area contributed by atoms with Crippen LogP contribution in [0.1, 0.15) is 134 Å². The number of ether oxygens (including phenoxy) is 2. The fraction of sp³-hybridized carbons (Fsp3) is 0.447. The largest absolute Gasteiger partial charge is 0.462 e. The molecule has 0 amide bonds. The highest BCUT2D eigenvalue weighted by Crippen LogP contribution is 2.37. The van der Waals surface area contributed by atoms with E-state index in [1.54, 1.807) is 24.3 Å². The van der Waals surface area contributed by atoms with Gasteiger partial charge < -0.3 is 9.47 Å². The predicted molar refractivity (Wildman–Crippen MR) is 171 cm³/mol. The van der Waals surface area contributed by atoms with Gasteiger partial charge in [0.2, 0.25) is 0 Å². The molecule has 0 bridgehead atoms. The van der Waals surface area contributed by atoms with Crippen molar-refractivity contribution in [2.24, 2.45) is 5.92 Å². The van der Waals surface area contributed by atoms with Crippen LogP contribution in [0.5, 0.6) is 5.75 Å². The summed E-state index contributed by atoms with van der Waals surface area (Å²) in [5.41, 5.74) is 3.62. The minimum absolute atomic E-state index is 0.355. The second-order valence-corrected chi connectivity index (χ2v) is 11.6. The lowest BCUT2D eigenvalue weighted by atomic mass is 9.77. The van der Waals surface area contributed by atoms with Crippen molar-refractivity contribution >= 4 is 11.9 Å². The summed E-state index contributed by atoms with van der Waals surface area (Å²) in [6.45, 7) is 4.90. The number of carbonyl (C=O) groups excluding carboxylic acids is 2. The van der Waals surface area contributed by atoms with E-state index in [2.05, 4.69) is 42.8 Å². The topological polar surface area (TPSA) is 65.5 Å². The fourth-order valence-corrected chi connectivity index (χ4v) is 5.71. The molecule has 0 unspecified atom stereocenters. The lowest BCUT2D eigenvalue weighted by Gasteiger charge is -2.28. The van der Waals surface area contributed by atoms with Crippen LogP contribution in [0.4, 0.5) is 0 Å². The van der Waals surface area contributed by atoms with E-state index in [-0.39, 0.29) is 11.9 Å². The van der Waals surface area contributed by atoms with Gasteiger partial charge in [0.25, 0.3) is 0 Å². The maximum absolute atomic E-state index is 12.7. The average molecular weight is 580 g/mol. The van der Waals surface area contributed by atoms with Crippen molar-refractivity contribution in [1.29, 1.82) is 0 Å². The molecule has 0 radical (unpaired) electrons. The van der Waals surface area contributed by atoms with Crippen molar-refractivity contribution in [3.05, 3.63) is 94.8 Å². The molecule has 1 saturated carbocycles. The highest BCUT2D eigenvalue weighted by molar-refractivity contribution is 5.91. The van der Waals surface area contributed by atoms with Gasteiger partial charge in [0.05, 0.1) is 17.7 Å². The van der Waals surface area contributed by atoms with Crippen LogP contribution >= 0.6 is 0 Å². The summed E-state index contributed by atoms with van der Waals surface area (Å²) >= 11 is 0. The van der Waals surface area contributed by atoms with Gasteiger partial charge in [-0.2, -0.15) is 0 Å².